The van der Waals surface area contributed by atoms with Gasteiger partial charge in [0.1, 0.15) is 12.7 Å². The van der Waals surface area contributed by atoms with Gasteiger partial charge in [-0.2, -0.15) is 0 Å². The van der Waals surface area contributed by atoms with E-state index in [1.165, 1.54) is 10.9 Å². The van der Waals surface area contributed by atoms with E-state index in [1.54, 1.807) is 0 Å². The Balaban J connectivity index is 1.22. The number of nitrogens with one attached hydrogen (secondary N) is 2. The van der Waals surface area contributed by atoms with Crippen LogP contribution in [0.2, 0.25) is 5.02 Å². The van der Waals surface area contributed by atoms with Crippen LogP contribution in [0.25, 0.3) is 21.8 Å². The zero-order valence-corrected chi connectivity index (χ0v) is 16.9. The quantitative estimate of drug-likeness (QED) is 0.473. The number of rotatable bonds is 5. The summed E-state index contributed by atoms with van der Waals surface area (Å²) in [5.74, 6) is 1.58. The van der Waals surface area contributed by atoms with Gasteiger partial charge in [0, 0.05) is 39.7 Å². The minimum absolute atomic E-state index is 0.0354. The number of nitrogens with zero attached hydrogens (tertiary/aromatic N) is 1. The van der Waals surface area contributed by atoms with Crippen molar-refractivity contribution in [3.05, 3.63) is 64.9 Å². The monoisotopic (exact) mass is 407 g/mol. The maximum absolute atomic E-state index is 6.26. The van der Waals surface area contributed by atoms with E-state index in [0.29, 0.717) is 6.61 Å². The van der Waals surface area contributed by atoms with Gasteiger partial charge in [-0.3, -0.25) is 4.98 Å². The SMILES string of the molecule is Cc1ccc2c3c(ccc2n1)OCC(CNCCc1c[nH]c2ccc(Cl)cc12)O3. The molecular weight excluding hydrogens is 386 g/mol. The molecule has 1 atom stereocenters. The first kappa shape index (κ1) is 18.3. The molecule has 3 heterocycles. The lowest BCUT2D eigenvalue weighted by Gasteiger charge is -2.27. The maximum atomic E-state index is 6.26. The number of fused-ring (bicyclic) bond motifs is 4. The molecule has 4 aromatic rings. The molecule has 2 N–H and O–H groups in total. The third kappa shape index (κ3) is 3.63. The first-order valence-electron chi connectivity index (χ1n) is 9.83. The van der Waals surface area contributed by atoms with Crippen LogP contribution in [0.4, 0.5) is 0 Å². The molecule has 2 aromatic carbocycles. The number of hydrogen-bond donors (Lipinski definition) is 2. The lowest BCUT2D eigenvalue weighted by Crippen LogP contribution is -2.39. The first-order chi connectivity index (χ1) is 14.2. The number of pyridine rings is 1. The molecule has 0 fully saturated rings. The van der Waals surface area contributed by atoms with Gasteiger partial charge in [-0.25, -0.2) is 0 Å². The van der Waals surface area contributed by atoms with Crippen molar-refractivity contribution < 1.29 is 9.47 Å². The Bertz CT molecular complexity index is 1190. The van der Waals surface area contributed by atoms with Crippen molar-refractivity contribution in [2.24, 2.45) is 0 Å². The second-order valence-electron chi connectivity index (χ2n) is 7.42. The Kier molecular flexibility index (Phi) is 4.78. The molecule has 6 heteroatoms. The van der Waals surface area contributed by atoms with E-state index >= 15 is 0 Å². The Morgan fingerprint density at radius 1 is 1.17 bits per heavy atom. The summed E-state index contributed by atoms with van der Waals surface area (Å²) in [4.78, 5) is 7.88. The largest absolute Gasteiger partial charge is 0.486 e. The molecule has 0 spiro atoms. The molecule has 2 aromatic heterocycles. The summed E-state index contributed by atoms with van der Waals surface area (Å²) in [5, 5.41) is 6.43. The number of benzene rings is 2. The van der Waals surface area contributed by atoms with Crippen molar-refractivity contribution in [1.82, 2.24) is 15.3 Å². The molecule has 0 bridgehead atoms. The van der Waals surface area contributed by atoms with E-state index in [-0.39, 0.29) is 6.10 Å². The smallest absolute Gasteiger partial charge is 0.171 e. The van der Waals surface area contributed by atoms with Gasteiger partial charge in [0.25, 0.3) is 0 Å². The molecule has 0 saturated carbocycles. The van der Waals surface area contributed by atoms with Crippen LogP contribution in [0.3, 0.4) is 0 Å². The highest BCUT2D eigenvalue weighted by molar-refractivity contribution is 6.31. The maximum Gasteiger partial charge on any atom is 0.171 e. The van der Waals surface area contributed by atoms with Gasteiger partial charge in [-0.05, 0) is 67.9 Å². The Labute approximate surface area is 174 Å². The van der Waals surface area contributed by atoms with Crippen LogP contribution in [-0.4, -0.2) is 35.8 Å². The van der Waals surface area contributed by atoms with Crippen LogP contribution >= 0.6 is 11.6 Å². The molecule has 0 saturated heterocycles. The standard InChI is InChI=1S/C23H22ClN3O2/c1-14-2-4-18-21(27-14)6-7-22-23(18)29-17(13-28-22)12-25-9-8-15-11-26-20-5-3-16(24)10-19(15)20/h2-7,10-11,17,25-26H,8-9,12-13H2,1H3. The minimum Gasteiger partial charge on any atom is -0.486 e. The fourth-order valence-electron chi connectivity index (χ4n) is 3.82. The lowest BCUT2D eigenvalue weighted by molar-refractivity contribution is 0.0926. The fourth-order valence-corrected chi connectivity index (χ4v) is 3.99. The molecule has 0 aliphatic carbocycles. The number of aryl methyl sites for hydroxylation is 1. The topological polar surface area (TPSA) is 59.2 Å². The summed E-state index contributed by atoms with van der Waals surface area (Å²) in [6, 6.07) is 13.9. The van der Waals surface area contributed by atoms with E-state index in [2.05, 4.69) is 27.5 Å². The molecule has 0 amide bonds. The summed E-state index contributed by atoms with van der Waals surface area (Å²) >= 11 is 6.14. The highest BCUT2D eigenvalue weighted by Gasteiger charge is 2.23. The minimum atomic E-state index is -0.0354. The Morgan fingerprint density at radius 3 is 3.03 bits per heavy atom. The van der Waals surface area contributed by atoms with Gasteiger partial charge in [-0.1, -0.05) is 11.6 Å². The van der Waals surface area contributed by atoms with Crippen molar-refractivity contribution in [1.29, 1.82) is 0 Å². The van der Waals surface area contributed by atoms with Gasteiger partial charge in [0.2, 0.25) is 0 Å². The molecule has 0 radical (unpaired) electrons. The third-order valence-corrected chi connectivity index (χ3v) is 5.54. The highest BCUT2D eigenvalue weighted by atomic mass is 35.5. The number of ether oxygens (including phenoxy) is 2. The van der Waals surface area contributed by atoms with Gasteiger partial charge in [-0.15, -0.1) is 0 Å². The van der Waals surface area contributed by atoms with E-state index in [0.717, 1.165) is 58.1 Å². The lowest BCUT2D eigenvalue weighted by atomic mass is 10.1. The van der Waals surface area contributed by atoms with E-state index in [9.17, 15) is 0 Å². The second kappa shape index (κ2) is 7.58. The summed E-state index contributed by atoms with van der Waals surface area (Å²) < 4.78 is 12.2. The third-order valence-electron chi connectivity index (χ3n) is 5.31. The number of H-pyrrole nitrogens is 1. The van der Waals surface area contributed by atoms with Gasteiger partial charge >= 0.3 is 0 Å². The normalized spacial score (nSPS) is 15.9. The molecule has 29 heavy (non-hydrogen) atoms. The van der Waals surface area contributed by atoms with Crippen molar-refractivity contribution in [2.45, 2.75) is 19.4 Å². The molecule has 1 aliphatic rings. The van der Waals surface area contributed by atoms with Gasteiger partial charge < -0.3 is 19.8 Å². The summed E-state index contributed by atoms with van der Waals surface area (Å²) in [6.45, 7) is 4.10. The molecule has 5 nitrogen and oxygen atoms in total. The van der Waals surface area contributed by atoms with Crippen LogP contribution in [-0.2, 0) is 6.42 Å². The zero-order valence-electron chi connectivity index (χ0n) is 16.2. The van der Waals surface area contributed by atoms with Crippen molar-refractivity contribution in [3.8, 4) is 11.5 Å². The predicted molar refractivity (Wildman–Crippen MR) is 116 cm³/mol. The van der Waals surface area contributed by atoms with Crippen molar-refractivity contribution in [3.63, 3.8) is 0 Å². The summed E-state index contributed by atoms with van der Waals surface area (Å²) in [7, 11) is 0. The van der Waals surface area contributed by atoms with Crippen LogP contribution in [0.5, 0.6) is 11.5 Å². The average Bonchev–Trinajstić information content (AvgIpc) is 3.12. The first-order valence-corrected chi connectivity index (χ1v) is 10.2. The van der Waals surface area contributed by atoms with E-state index in [4.69, 9.17) is 21.1 Å². The van der Waals surface area contributed by atoms with Crippen molar-refractivity contribution in [2.75, 3.05) is 19.7 Å². The fraction of sp³-hybridized carbons (Fsp3) is 0.261. The van der Waals surface area contributed by atoms with E-state index in [1.807, 2.05) is 43.3 Å². The van der Waals surface area contributed by atoms with E-state index < -0.39 is 0 Å². The Hall–Kier alpha value is -2.76. The van der Waals surface area contributed by atoms with Crippen LogP contribution in [0.1, 0.15) is 11.3 Å². The van der Waals surface area contributed by atoms with Crippen molar-refractivity contribution >= 4 is 33.4 Å². The van der Waals surface area contributed by atoms with Gasteiger partial charge in [0.15, 0.2) is 11.5 Å². The molecule has 1 unspecified atom stereocenters. The molecular formula is C23H22ClN3O2. The highest BCUT2D eigenvalue weighted by Crippen LogP contribution is 2.38. The number of aromatic nitrogens is 2. The predicted octanol–water partition coefficient (Wildman–Crippen LogP) is 4.65. The zero-order chi connectivity index (χ0) is 19.8. The van der Waals surface area contributed by atoms with Crippen LogP contribution in [0.15, 0.2) is 48.7 Å². The summed E-state index contributed by atoms with van der Waals surface area (Å²) in [6.07, 6.45) is 2.93. The molecule has 1 aliphatic heterocycles. The number of hydrogen-bond acceptors (Lipinski definition) is 4. The second-order valence-corrected chi connectivity index (χ2v) is 7.86. The molecule has 148 valence electrons. The average molecular weight is 408 g/mol. The van der Waals surface area contributed by atoms with Crippen LogP contribution < -0.4 is 14.8 Å². The number of halogens is 1. The summed E-state index contributed by atoms with van der Waals surface area (Å²) in [5.41, 5.74) is 4.29. The number of aromatic amines is 1. The molecule has 5 rings (SSSR count). The van der Waals surface area contributed by atoms with Gasteiger partial charge in [0.05, 0.1) is 5.52 Å². The van der Waals surface area contributed by atoms with Crippen LogP contribution in [0, 0.1) is 6.92 Å². The Morgan fingerprint density at radius 2 is 2.10 bits per heavy atom.